The van der Waals surface area contributed by atoms with Gasteiger partial charge in [0.2, 0.25) is 0 Å². The molecular weight excluding hydrogens is 338 g/mol. The molecule has 0 aliphatic carbocycles. The average molecular weight is 370 g/mol. The van der Waals surface area contributed by atoms with Gasteiger partial charge in [-0.15, -0.1) is 0 Å². The van der Waals surface area contributed by atoms with Crippen molar-refractivity contribution >= 4 is 5.91 Å². The lowest BCUT2D eigenvalue weighted by Gasteiger charge is -2.31. The molecule has 0 spiro atoms. The summed E-state index contributed by atoms with van der Waals surface area (Å²) in [6.07, 6.45) is 2.95. The molecule has 2 aromatic rings. The van der Waals surface area contributed by atoms with Crippen molar-refractivity contribution in [2.24, 2.45) is 5.92 Å². The lowest BCUT2D eigenvalue weighted by molar-refractivity contribution is 0.0626. The first kappa shape index (κ1) is 19.6. The smallest absolute Gasteiger partial charge is 0.272 e. The van der Waals surface area contributed by atoms with Crippen LogP contribution in [0, 0.1) is 12.8 Å². The molecule has 2 atom stereocenters. The molecular formula is C22H31N3O2. The number of carbonyl (C=O) groups excluding carboxylic acids is 1. The van der Waals surface area contributed by atoms with Crippen LogP contribution in [0.25, 0.3) is 0 Å². The van der Waals surface area contributed by atoms with Gasteiger partial charge in [0, 0.05) is 31.7 Å². The summed E-state index contributed by atoms with van der Waals surface area (Å²) in [5.41, 5.74) is 2.90. The molecule has 2 heterocycles. The number of aromatic nitrogens is 2. The van der Waals surface area contributed by atoms with Crippen molar-refractivity contribution in [1.82, 2.24) is 14.7 Å². The van der Waals surface area contributed by atoms with Crippen LogP contribution in [0.15, 0.2) is 36.4 Å². The van der Waals surface area contributed by atoms with Gasteiger partial charge in [0.15, 0.2) is 0 Å². The van der Waals surface area contributed by atoms with Crippen LogP contribution >= 0.6 is 0 Å². The third-order valence-electron chi connectivity index (χ3n) is 5.39. The molecule has 146 valence electrons. The number of hydrogen-bond acceptors (Lipinski definition) is 3. The highest BCUT2D eigenvalue weighted by Crippen LogP contribution is 2.20. The minimum atomic E-state index is 0.0879. The van der Waals surface area contributed by atoms with E-state index in [0.29, 0.717) is 18.2 Å². The monoisotopic (exact) mass is 369 g/mol. The molecule has 1 aliphatic heterocycles. The van der Waals surface area contributed by atoms with Gasteiger partial charge < -0.3 is 9.64 Å². The largest absolute Gasteiger partial charge is 0.381 e. The number of benzene rings is 1. The van der Waals surface area contributed by atoms with Crippen LogP contribution in [0.1, 0.15) is 48.4 Å². The Balaban J connectivity index is 1.75. The average Bonchev–Trinajstić information content (AvgIpc) is 3.33. The molecule has 0 radical (unpaired) electrons. The molecule has 1 amide bonds. The molecule has 1 aliphatic rings. The van der Waals surface area contributed by atoms with Crippen molar-refractivity contribution in [3.05, 3.63) is 53.3 Å². The fourth-order valence-electron chi connectivity index (χ4n) is 3.75. The third kappa shape index (κ3) is 4.98. The first-order chi connectivity index (χ1) is 13.1. The Kier molecular flexibility index (Phi) is 6.67. The molecule has 5 nitrogen and oxygen atoms in total. The number of amides is 1. The van der Waals surface area contributed by atoms with E-state index in [0.717, 1.165) is 44.7 Å². The minimum absolute atomic E-state index is 0.0879. The Morgan fingerprint density at radius 3 is 2.81 bits per heavy atom. The second-order valence-corrected chi connectivity index (χ2v) is 7.55. The van der Waals surface area contributed by atoms with Crippen LogP contribution in [-0.2, 0) is 17.7 Å². The number of carbonyl (C=O) groups is 1. The predicted molar refractivity (Wildman–Crippen MR) is 107 cm³/mol. The summed E-state index contributed by atoms with van der Waals surface area (Å²) in [7, 11) is 0. The minimum Gasteiger partial charge on any atom is -0.381 e. The Morgan fingerprint density at radius 1 is 1.37 bits per heavy atom. The Morgan fingerprint density at radius 2 is 2.15 bits per heavy atom. The summed E-state index contributed by atoms with van der Waals surface area (Å²) in [5.74, 6) is 0.511. The fraction of sp³-hybridized carbons (Fsp3) is 0.545. The van der Waals surface area contributed by atoms with E-state index < -0.39 is 0 Å². The van der Waals surface area contributed by atoms with E-state index >= 15 is 0 Å². The van der Waals surface area contributed by atoms with E-state index in [1.807, 2.05) is 35.6 Å². The fourth-order valence-corrected chi connectivity index (χ4v) is 3.75. The van der Waals surface area contributed by atoms with Gasteiger partial charge in [0.05, 0.1) is 12.3 Å². The van der Waals surface area contributed by atoms with Crippen molar-refractivity contribution in [1.29, 1.82) is 0 Å². The molecule has 0 N–H and O–H groups in total. The molecule has 2 unspecified atom stereocenters. The zero-order valence-corrected chi connectivity index (χ0v) is 16.7. The van der Waals surface area contributed by atoms with E-state index in [-0.39, 0.29) is 11.9 Å². The molecule has 3 rings (SSSR count). The molecule has 0 saturated carbocycles. The maximum Gasteiger partial charge on any atom is 0.272 e. The summed E-state index contributed by atoms with van der Waals surface area (Å²) < 4.78 is 7.37. The molecule has 0 bridgehead atoms. The molecule has 1 saturated heterocycles. The second kappa shape index (κ2) is 9.18. The van der Waals surface area contributed by atoms with Crippen LogP contribution in [-0.4, -0.2) is 46.4 Å². The van der Waals surface area contributed by atoms with Gasteiger partial charge in [-0.2, -0.15) is 5.10 Å². The summed E-state index contributed by atoms with van der Waals surface area (Å²) in [6, 6.07) is 12.6. The zero-order chi connectivity index (χ0) is 19.2. The van der Waals surface area contributed by atoms with E-state index in [1.165, 1.54) is 5.56 Å². The van der Waals surface area contributed by atoms with E-state index in [2.05, 4.69) is 36.3 Å². The lowest BCUT2D eigenvalue weighted by Crippen LogP contribution is -2.43. The van der Waals surface area contributed by atoms with Crippen LogP contribution in [0.4, 0.5) is 0 Å². The number of nitrogens with zero attached hydrogens (tertiary/aromatic N) is 3. The van der Waals surface area contributed by atoms with Crippen molar-refractivity contribution in [2.75, 3.05) is 19.8 Å². The maximum absolute atomic E-state index is 13.4. The number of rotatable bonds is 8. The van der Waals surface area contributed by atoms with Gasteiger partial charge in [-0.1, -0.05) is 30.3 Å². The number of ether oxygens (including phenoxy) is 1. The van der Waals surface area contributed by atoms with Gasteiger partial charge in [0.1, 0.15) is 5.69 Å². The maximum atomic E-state index is 13.4. The molecule has 1 fully saturated rings. The third-order valence-corrected chi connectivity index (χ3v) is 5.39. The Hall–Kier alpha value is -2.14. The summed E-state index contributed by atoms with van der Waals surface area (Å²) in [6.45, 7) is 9.14. The summed E-state index contributed by atoms with van der Waals surface area (Å²) >= 11 is 0. The van der Waals surface area contributed by atoms with Crippen molar-refractivity contribution in [2.45, 2.75) is 52.6 Å². The zero-order valence-electron chi connectivity index (χ0n) is 16.7. The van der Waals surface area contributed by atoms with Gasteiger partial charge in [-0.3, -0.25) is 9.48 Å². The van der Waals surface area contributed by atoms with Crippen molar-refractivity contribution in [3.63, 3.8) is 0 Å². The number of hydrogen-bond donors (Lipinski definition) is 0. The van der Waals surface area contributed by atoms with Gasteiger partial charge in [0.25, 0.3) is 5.91 Å². The van der Waals surface area contributed by atoms with Crippen LogP contribution in [0.2, 0.25) is 0 Å². The molecule has 27 heavy (non-hydrogen) atoms. The molecule has 5 heteroatoms. The predicted octanol–water partition coefficient (Wildman–Crippen LogP) is 3.71. The highest BCUT2D eigenvalue weighted by atomic mass is 16.5. The quantitative estimate of drug-likeness (QED) is 0.713. The van der Waals surface area contributed by atoms with Crippen molar-refractivity contribution < 1.29 is 9.53 Å². The first-order valence-electron chi connectivity index (χ1n) is 10.1. The Bertz CT molecular complexity index is 735. The normalized spacial score (nSPS) is 17.8. The second-order valence-electron chi connectivity index (χ2n) is 7.55. The Labute approximate surface area is 162 Å². The van der Waals surface area contributed by atoms with Crippen LogP contribution in [0.3, 0.4) is 0 Å². The van der Waals surface area contributed by atoms with Gasteiger partial charge in [-0.05, 0) is 51.7 Å². The lowest BCUT2D eigenvalue weighted by atomic mass is 10.0. The SMILES string of the molecule is CCn1nc(C)cc1C(=O)N(CC1CCOC1)C(C)CCc1ccccc1. The first-order valence-corrected chi connectivity index (χ1v) is 10.1. The van der Waals surface area contributed by atoms with E-state index in [9.17, 15) is 4.79 Å². The van der Waals surface area contributed by atoms with Crippen LogP contribution < -0.4 is 0 Å². The van der Waals surface area contributed by atoms with Crippen molar-refractivity contribution in [3.8, 4) is 0 Å². The summed E-state index contributed by atoms with van der Waals surface area (Å²) in [4.78, 5) is 15.4. The van der Waals surface area contributed by atoms with Gasteiger partial charge in [-0.25, -0.2) is 0 Å². The molecule has 1 aromatic heterocycles. The van der Waals surface area contributed by atoms with Crippen LogP contribution in [0.5, 0.6) is 0 Å². The topological polar surface area (TPSA) is 47.4 Å². The molecule has 1 aromatic carbocycles. The number of aryl methyl sites for hydroxylation is 3. The van der Waals surface area contributed by atoms with E-state index in [4.69, 9.17) is 4.74 Å². The highest BCUT2D eigenvalue weighted by molar-refractivity contribution is 5.93. The highest BCUT2D eigenvalue weighted by Gasteiger charge is 2.28. The summed E-state index contributed by atoms with van der Waals surface area (Å²) in [5, 5.41) is 4.46. The standard InChI is InChI=1S/C22H31N3O2/c1-4-25-21(14-17(2)23-25)22(26)24(15-20-12-13-27-16-20)18(3)10-11-19-8-6-5-7-9-19/h5-9,14,18,20H,4,10-13,15-16H2,1-3H3. The van der Waals surface area contributed by atoms with Gasteiger partial charge >= 0.3 is 0 Å². The van der Waals surface area contributed by atoms with E-state index in [1.54, 1.807) is 0 Å².